The van der Waals surface area contributed by atoms with E-state index in [0.29, 0.717) is 6.54 Å². The van der Waals surface area contributed by atoms with Gasteiger partial charge in [-0.2, -0.15) is 11.8 Å². The molecule has 0 aliphatic heterocycles. The van der Waals surface area contributed by atoms with E-state index in [1.807, 2.05) is 14.0 Å². The Morgan fingerprint density at radius 1 is 1.53 bits per heavy atom. The summed E-state index contributed by atoms with van der Waals surface area (Å²) in [5.41, 5.74) is 0.912. The average molecular weight is 257 g/mol. The van der Waals surface area contributed by atoms with Crippen LogP contribution >= 0.6 is 11.8 Å². The highest BCUT2D eigenvalue weighted by Crippen LogP contribution is 2.17. The minimum Gasteiger partial charge on any atom is -0.359 e. The molecule has 0 atom stereocenters. The van der Waals surface area contributed by atoms with Crippen LogP contribution in [0.2, 0.25) is 0 Å². The van der Waals surface area contributed by atoms with E-state index in [1.54, 1.807) is 17.8 Å². The molecular formula is C12H20FN3S. The van der Waals surface area contributed by atoms with Crippen LogP contribution < -0.4 is 10.2 Å². The predicted octanol–water partition coefficient (Wildman–Crippen LogP) is 2.13. The normalized spacial score (nSPS) is 10.6. The number of anilines is 1. The Kier molecular flexibility index (Phi) is 6.29. The van der Waals surface area contributed by atoms with Crippen molar-refractivity contribution in [1.29, 1.82) is 0 Å². The van der Waals surface area contributed by atoms with E-state index in [1.165, 1.54) is 6.20 Å². The van der Waals surface area contributed by atoms with Gasteiger partial charge in [0, 0.05) is 31.5 Å². The van der Waals surface area contributed by atoms with Crippen LogP contribution in [0.25, 0.3) is 0 Å². The molecule has 0 fully saturated rings. The molecule has 5 heteroatoms. The molecule has 0 aliphatic carbocycles. The van der Waals surface area contributed by atoms with Crippen molar-refractivity contribution in [1.82, 2.24) is 10.3 Å². The summed E-state index contributed by atoms with van der Waals surface area (Å²) in [4.78, 5) is 6.26. The van der Waals surface area contributed by atoms with Gasteiger partial charge in [0.25, 0.3) is 0 Å². The van der Waals surface area contributed by atoms with E-state index in [2.05, 4.69) is 21.5 Å². The molecule has 0 aromatic carbocycles. The topological polar surface area (TPSA) is 28.2 Å². The molecule has 96 valence electrons. The molecule has 1 rings (SSSR count). The second-order valence-electron chi connectivity index (χ2n) is 3.83. The lowest BCUT2D eigenvalue weighted by Gasteiger charge is -2.20. The van der Waals surface area contributed by atoms with Crippen molar-refractivity contribution >= 4 is 17.6 Å². The first-order valence-corrected chi connectivity index (χ1v) is 7.13. The summed E-state index contributed by atoms with van der Waals surface area (Å²) in [5.74, 6) is 1.62. The fraction of sp³-hybridized carbons (Fsp3) is 0.583. The number of halogens is 1. The molecule has 1 aromatic heterocycles. The lowest BCUT2D eigenvalue weighted by molar-refractivity contribution is 0.613. The predicted molar refractivity (Wildman–Crippen MR) is 73.2 cm³/mol. The van der Waals surface area contributed by atoms with Crippen LogP contribution in [0, 0.1) is 5.82 Å². The van der Waals surface area contributed by atoms with Crippen LogP contribution in [0.15, 0.2) is 12.3 Å². The zero-order valence-electron chi connectivity index (χ0n) is 10.7. The second-order valence-corrected chi connectivity index (χ2v) is 4.82. The fourth-order valence-electron chi connectivity index (χ4n) is 1.54. The number of rotatable bonds is 7. The van der Waals surface area contributed by atoms with E-state index in [9.17, 15) is 4.39 Å². The molecule has 0 unspecified atom stereocenters. The van der Waals surface area contributed by atoms with Crippen molar-refractivity contribution in [3.63, 3.8) is 0 Å². The van der Waals surface area contributed by atoms with Gasteiger partial charge >= 0.3 is 0 Å². The Balaban J connectivity index is 2.80. The lowest BCUT2D eigenvalue weighted by atomic mass is 10.2. The summed E-state index contributed by atoms with van der Waals surface area (Å²) < 4.78 is 13.2. The highest BCUT2D eigenvalue weighted by molar-refractivity contribution is 7.98. The summed E-state index contributed by atoms with van der Waals surface area (Å²) in [6.07, 6.45) is 3.35. The highest BCUT2D eigenvalue weighted by atomic mass is 32.2. The maximum absolute atomic E-state index is 13.2. The largest absolute Gasteiger partial charge is 0.359 e. The Bertz CT molecular complexity index is 347. The first-order chi connectivity index (χ1) is 8.19. The van der Waals surface area contributed by atoms with Crippen LogP contribution in [0.5, 0.6) is 0 Å². The van der Waals surface area contributed by atoms with Gasteiger partial charge in [-0.05, 0) is 18.9 Å². The number of pyridine rings is 1. The fourth-order valence-corrected chi connectivity index (χ4v) is 2.00. The maximum atomic E-state index is 13.2. The van der Waals surface area contributed by atoms with Crippen LogP contribution in [-0.2, 0) is 6.54 Å². The Morgan fingerprint density at radius 2 is 2.29 bits per heavy atom. The summed E-state index contributed by atoms with van der Waals surface area (Å²) in [6.45, 7) is 4.47. The summed E-state index contributed by atoms with van der Waals surface area (Å²) in [5, 5.41) is 3.20. The smallest absolute Gasteiger partial charge is 0.141 e. The van der Waals surface area contributed by atoms with Crippen molar-refractivity contribution in [3.8, 4) is 0 Å². The number of nitrogens with zero attached hydrogens (tertiary/aromatic N) is 2. The van der Waals surface area contributed by atoms with E-state index in [-0.39, 0.29) is 5.82 Å². The van der Waals surface area contributed by atoms with Crippen molar-refractivity contribution < 1.29 is 4.39 Å². The minimum atomic E-state index is -0.278. The van der Waals surface area contributed by atoms with Gasteiger partial charge in [-0.1, -0.05) is 6.92 Å². The zero-order valence-corrected chi connectivity index (χ0v) is 11.5. The van der Waals surface area contributed by atoms with Crippen LogP contribution in [0.1, 0.15) is 12.5 Å². The van der Waals surface area contributed by atoms with E-state index < -0.39 is 0 Å². The third kappa shape index (κ3) is 4.52. The van der Waals surface area contributed by atoms with Crippen LogP contribution in [0.3, 0.4) is 0 Å². The molecule has 17 heavy (non-hydrogen) atoms. The number of nitrogens with one attached hydrogen (secondary N) is 1. The van der Waals surface area contributed by atoms with Gasteiger partial charge in [-0.15, -0.1) is 0 Å². The Morgan fingerprint density at radius 3 is 2.94 bits per heavy atom. The quantitative estimate of drug-likeness (QED) is 0.810. The van der Waals surface area contributed by atoms with Crippen molar-refractivity contribution in [2.24, 2.45) is 0 Å². The molecule has 0 amide bonds. The molecule has 0 radical (unpaired) electrons. The molecule has 1 aromatic rings. The van der Waals surface area contributed by atoms with Gasteiger partial charge in [0.2, 0.25) is 0 Å². The molecule has 1 N–H and O–H groups in total. The van der Waals surface area contributed by atoms with Gasteiger partial charge in [0.1, 0.15) is 11.6 Å². The van der Waals surface area contributed by atoms with E-state index in [0.717, 1.165) is 30.2 Å². The van der Waals surface area contributed by atoms with E-state index >= 15 is 0 Å². The number of hydrogen-bond donors (Lipinski definition) is 1. The summed E-state index contributed by atoms with van der Waals surface area (Å²) in [6, 6.07) is 1.56. The standard InChI is InChI=1S/C12H20FN3S/c1-4-14-8-10-7-11(13)9-15-12(10)16(2)5-6-17-3/h7,9,14H,4-6,8H2,1-3H3. The Hall–Kier alpha value is -0.810. The zero-order chi connectivity index (χ0) is 12.7. The average Bonchev–Trinajstić information content (AvgIpc) is 2.33. The molecule has 3 nitrogen and oxygen atoms in total. The van der Waals surface area contributed by atoms with Gasteiger partial charge in [-0.25, -0.2) is 9.37 Å². The molecule has 0 aliphatic rings. The third-order valence-electron chi connectivity index (χ3n) is 2.47. The van der Waals surface area contributed by atoms with Gasteiger partial charge in [-0.3, -0.25) is 0 Å². The summed E-state index contributed by atoms with van der Waals surface area (Å²) >= 11 is 1.79. The number of thioether (sulfide) groups is 1. The van der Waals surface area contributed by atoms with Gasteiger partial charge in [0.05, 0.1) is 6.20 Å². The minimum absolute atomic E-state index is 0.278. The number of hydrogen-bond acceptors (Lipinski definition) is 4. The van der Waals surface area contributed by atoms with Gasteiger partial charge < -0.3 is 10.2 Å². The first kappa shape index (κ1) is 14.3. The van der Waals surface area contributed by atoms with Crippen LogP contribution in [-0.4, -0.2) is 37.1 Å². The second kappa shape index (κ2) is 7.50. The first-order valence-electron chi connectivity index (χ1n) is 5.74. The van der Waals surface area contributed by atoms with Crippen LogP contribution in [0.4, 0.5) is 10.2 Å². The maximum Gasteiger partial charge on any atom is 0.141 e. The van der Waals surface area contributed by atoms with Crippen molar-refractivity contribution in [2.45, 2.75) is 13.5 Å². The molecule has 1 heterocycles. The lowest BCUT2D eigenvalue weighted by Crippen LogP contribution is -2.24. The monoisotopic (exact) mass is 257 g/mol. The van der Waals surface area contributed by atoms with Gasteiger partial charge in [0.15, 0.2) is 0 Å². The van der Waals surface area contributed by atoms with E-state index in [4.69, 9.17) is 0 Å². The Labute approximate surface area is 107 Å². The molecule has 0 bridgehead atoms. The molecule has 0 spiro atoms. The molecule has 0 saturated heterocycles. The molecule has 0 saturated carbocycles. The molecular weight excluding hydrogens is 237 g/mol. The SMILES string of the molecule is CCNCc1cc(F)cnc1N(C)CCSC. The highest BCUT2D eigenvalue weighted by Gasteiger charge is 2.09. The van der Waals surface area contributed by atoms with Crippen molar-refractivity contribution in [3.05, 3.63) is 23.6 Å². The summed E-state index contributed by atoms with van der Waals surface area (Å²) in [7, 11) is 1.99. The number of aromatic nitrogens is 1. The third-order valence-corrected chi connectivity index (χ3v) is 3.06. The van der Waals surface area contributed by atoms with Crippen molar-refractivity contribution in [2.75, 3.05) is 37.0 Å².